The predicted molar refractivity (Wildman–Crippen MR) is 110 cm³/mol. The van der Waals surface area contributed by atoms with Gasteiger partial charge < -0.3 is 23.6 Å². The maximum atomic E-state index is 13.4. The van der Waals surface area contributed by atoms with Gasteiger partial charge in [0.05, 0.1) is 17.9 Å². The Kier molecular flexibility index (Phi) is 4.75. The molecule has 2 atom stereocenters. The van der Waals surface area contributed by atoms with Gasteiger partial charge >= 0.3 is 0 Å². The van der Waals surface area contributed by atoms with Gasteiger partial charge in [-0.2, -0.15) is 0 Å². The summed E-state index contributed by atoms with van der Waals surface area (Å²) < 4.78 is 17.8. The summed E-state index contributed by atoms with van der Waals surface area (Å²) in [4.78, 5) is 27.7. The van der Waals surface area contributed by atoms with Gasteiger partial charge in [0.15, 0.2) is 11.5 Å². The highest BCUT2D eigenvalue weighted by atomic mass is 79.9. The lowest BCUT2D eigenvalue weighted by atomic mass is 9.99. The van der Waals surface area contributed by atoms with Crippen molar-refractivity contribution in [1.82, 2.24) is 4.90 Å². The molecule has 0 saturated carbocycles. The topological polar surface area (TPSA) is 93.1 Å². The summed E-state index contributed by atoms with van der Waals surface area (Å²) in [5.74, 6) is -1.31. The molecule has 8 heteroatoms. The van der Waals surface area contributed by atoms with Crippen molar-refractivity contribution in [1.29, 1.82) is 0 Å². The molecule has 154 valence electrons. The number of aliphatic hydroxyl groups excluding tert-OH is 1. The summed E-state index contributed by atoms with van der Waals surface area (Å²) in [5.41, 5.74) is 0.489. The van der Waals surface area contributed by atoms with E-state index in [2.05, 4.69) is 15.9 Å². The number of carbonyl (C=O) groups is 2. The molecule has 2 aromatic heterocycles. The van der Waals surface area contributed by atoms with Crippen LogP contribution in [0.5, 0.6) is 0 Å². The van der Waals surface area contributed by atoms with Gasteiger partial charge in [0.25, 0.3) is 5.91 Å². The molecular weight excluding hydrogens is 454 g/mol. The Hall–Kier alpha value is -2.84. The first kappa shape index (κ1) is 19.1. The van der Waals surface area contributed by atoms with Crippen molar-refractivity contribution in [3.63, 3.8) is 0 Å². The quantitative estimate of drug-likeness (QED) is 0.548. The van der Waals surface area contributed by atoms with Crippen LogP contribution in [0.1, 0.15) is 35.2 Å². The molecule has 1 N–H and O–H groups in total. The van der Waals surface area contributed by atoms with Crippen LogP contribution in [0.4, 0.5) is 0 Å². The van der Waals surface area contributed by atoms with E-state index in [4.69, 9.17) is 13.6 Å². The summed E-state index contributed by atoms with van der Waals surface area (Å²) in [7, 11) is 0. The lowest BCUT2D eigenvalue weighted by molar-refractivity contribution is -0.131. The Morgan fingerprint density at radius 1 is 1.27 bits per heavy atom. The average molecular weight is 472 g/mol. The number of Topliss-reactive ketones (excluding diaryl/α,β-unsaturated/α-hetero) is 1. The molecule has 1 amide bonds. The first-order chi connectivity index (χ1) is 14.5. The van der Waals surface area contributed by atoms with Crippen molar-refractivity contribution in [3.8, 4) is 0 Å². The second-order valence-electron chi connectivity index (χ2n) is 7.39. The molecule has 1 saturated heterocycles. The minimum Gasteiger partial charge on any atom is -0.503 e. The van der Waals surface area contributed by atoms with Crippen molar-refractivity contribution < 1.29 is 28.3 Å². The lowest BCUT2D eigenvalue weighted by Crippen LogP contribution is -2.37. The summed E-state index contributed by atoms with van der Waals surface area (Å²) in [6.45, 7) is 0.899. The molecule has 0 aliphatic carbocycles. The zero-order valence-corrected chi connectivity index (χ0v) is 17.4. The SMILES string of the molecule is O=C(C1=C(O)C(=O)N(CC2CCCO2)C1c1ccco1)c1cc2cc(Br)ccc2o1. The summed E-state index contributed by atoms with van der Waals surface area (Å²) in [6.07, 6.45) is 3.06. The van der Waals surface area contributed by atoms with Crippen molar-refractivity contribution >= 4 is 38.6 Å². The number of amides is 1. The van der Waals surface area contributed by atoms with Gasteiger partial charge in [-0.3, -0.25) is 9.59 Å². The second-order valence-corrected chi connectivity index (χ2v) is 8.31. The fraction of sp³-hybridized carbons (Fsp3) is 0.273. The van der Waals surface area contributed by atoms with Crippen LogP contribution in [0.25, 0.3) is 11.0 Å². The summed E-state index contributed by atoms with van der Waals surface area (Å²) in [5, 5.41) is 11.4. The smallest absolute Gasteiger partial charge is 0.290 e. The molecule has 0 spiro atoms. The van der Waals surface area contributed by atoms with E-state index in [9.17, 15) is 14.7 Å². The third kappa shape index (κ3) is 3.16. The first-order valence-corrected chi connectivity index (χ1v) is 10.4. The van der Waals surface area contributed by atoms with Crippen molar-refractivity contribution in [3.05, 3.63) is 70.0 Å². The molecule has 1 fully saturated rings. The van der Waals surface area contributed by atoms with E-state index in [1.54, 1.807) is 24.3 Å². The lowest BCUT2D eigenvalue weighted by Gasteiger charge is -2.27. The number of ether oxygens (including phenoxy) is 1. The number of benzene rings is 1. The van der Waals surface area contributed by atoms with E-state index in [0.29, 0.717) is 18.0 Å². The van der Waals surface area contributed by atoms with Gasteiger partial charge in [-0.1, -0.05) is 15.9 Å². The maximum Gasteiger partial charge on any atom is 0.290 e. The van der Waals surface area contributed by atoms with Gasteiger partial charge in [0.2, 0.25) is 5.78 Å². The predicted octanol–water partition coefficient (Wildman–Crippen LogP) is 4.55. The van der Waals surface area contributed by atoms with Crippen LogP contribution in [-0.4, -0.2) is 41.0 Å². The fourth-order valence-corrected chi connectivity index (χ4v) is 4.46. The van der Waals surface area contributed by atoms with E-state index in [1.807, 2.05) is 12.1 Å². The van der Waals surface area contributed by atoms with Crippen LogP contribution in [0.15, 0.2) is 67.3 Å². The van der Waals surface area contributed by atoms with E-state index < -0.39 is 23.5 Å². The third-order valence-corrected chi connectivity index (χ3v) is 5.98. The number of carbonyl (C=O) groups excluding carboxylic acids is 2. The molecule has 2 aliphatic rings. The van der Waals surface area contributed by atoms with Crippen LogP contribution < -0.4 is 0 Å². The molecule has 2 unspecified atom stereocenters. The zero-order valence-electron chi connectivity index (χ0n) is 15.8. The van der Waals surface area contributed by atoms with Crippen molar-refractivity contribution in [2.24, 2.45) is 0 Å². The number of aliphatic hydroxyl groups is 1. The molecule has 2 aliphatic heterocycles. The highest BCUT2D eigenvalue weighted by Crippen LogP contribution is 2.40. The van der Waals surface area contributed by atoms with Crippen LogP contribution in [0.2, 0.25) is 0 Å². The van der Waals surface area contributed by atoms with Crippen LogP contribution in [0, 0.1) is 0 Å². The van der Waals surface area contributed by atoms with Crippen LogP contribution >= 0.6 is 15.9 Å². The number of furan rings is 2. The van der Waals surface area contributed by atoms with E-state index in [1.165, 1.54) is 11.2 Å². The number of halogens is 1. The molecule has 0 bridgehead atoms. The molecule has 4 heterocycles. The molecule has 5 rings (SSSR count). The highest BCUT2D eigenvalue weighted by molar-refractivity contribution is 9.10. The first-order valence-electron chi connectivity index (χ1n) is 9.66. The Labute approximate surface area is 180 Å². The third-order valence-electron chi connectivity index (χ3n) is 5.49. The monoisotopic (exact) mass is 471 g/mol. The Morgan fingerprint density at radius 3 is 2.87 bits per heavy atom. The van der Waals surface area contributed by atoms with Crippen LogP contribution in [0.3, 0.4) is 0 Å². The van der Waals surface area contributed by atoms with E-state index >= 15 is 0 Å². The maximum absolute atomic E-state index is 13.4. The standard InChI is InChI=1S/C22H18BrNO6/c23-13-5-6-15-12(9-13)10-17(30-15)20(25)18-19(16-4-2-8-29-16)24(22(27)21(18)26)11-14-3-1-7-28-14/h2,4-6,8-10,14,19,26H,1,3,7,11H2. The molecule has 1 aromatic carbocycles. The number of nitrogens with zero attached hydrogens (tertiary/aromatic N) is 1. The summed E-state index contributed by atoms with van der Waals surface area (Å²) in [6, 6.07) is 9.52. The Bertz CT molecular complexity index is 1160. The molecule has 0 radical (unpaired) electrons. The largest absolute Gasteiger partial charge is 0.503 e. The van der Waals surface area contributed by atoms with Gasteiger partial charge in [-0.25, -0.2) is 0 Å². The van der Waals surface area contributed by atoms with Gasteiger partial charge in [-0.15, -0.1) is 0 Å². The van der Waals surface area contributed by atoms with E-state index in [0.717, 1.165) is 22.7 Å². The van der Waals surface area contributed by atoms with Crippen molar-refractivity contribution in [2.45, 2.75) is 25.0 Å². The minimum absolute atomic E-state index is 0.0490. The van der Waals surface area contributed by atoms with E-state index in [-0.39, 0.29) is 24.0 Å². The molecule has 30 heavy (non-hydrogen) atoms. The Morgan fingerprint density at radius 2 is 2.13 bits per heavy atom. The average Bonchev–Trinajstić information content (AvgIpc) is 3.52. The molecule has 7 nitrogen and oxygen atoms in total. The fourth-order valence-electron chi connectivity index (χ4n) is 4.08. The van der Waals surface area contributed by atoms with Gasteiger partial charge in [-0.05, 0) is 49.2 Å². The Balaban J connectivity index is 1.55. The normalized spacial score (nSPS) is 21.9. The van der Waals surface area contributed by atoms with Gasteiger partial charge in [0.1, 0.15) is 17.4 Å². The van der Waals surface area contributed by atoms with Crippen LogP contribution in [-0.2, 0) is 9.53 Å². The number of hydrogen-bond donors (Lipinski definition) is 1. The number of ketones is 1. The number of rotatable bonds is 5. The minimum atomic E-state index is -0.843. The molecular formula is C22H18BrNO6. The van der Waals surface area contributed by atoms with Gasteiger partial charge in [0, 0.05) is 23.0 Å². The summed E-state index contributed by atoms with van der Waals surface area (Å²) >= 11 is 3.40. The second kappa shape index (κ2) is 7.45. The number of fused-ring (bicyclic) bond motifs is 1. The van der Waals surface area contributed by atoms with Crippen molar-refractivity contribution in [2.75, 3.05) is 13.2 Å². The molecule has 3 aromatic rings. The highest BCUT2D eigenvalue weighted by Gasteiger charge is 2.46. The number of hydrogen-bond acceptors (Lipinski definition) is 6. The zero-order chi connectivity index (χ0) is 20.8.